The molecule has 4 aromatic rings. The highest BCUT2D eigenvalue weighted by Gasteiger charge is 2.14. The van der Waals surface area contributed by atoms with Crippen molar-refractivity contribution in [2.75, 3.05) is 5.73 Å². The lowest BCUT2D eigenvalue weighted by atomic mass is 10.0. The Kier molecular flexibility index (Phi) is 3.50. The molecule has 5 nitrogen and oxygen atoms in total. The zero-order valence-corrected chi connectivity index (χ0v) is 13.0. The molecule has 2 heterocycles. The highest BCUT2D eigenvalue weighted by Crippen LogP contribution is 2.29. The molecule has 0 aliphatic rings. The van der Waals surface area contributed by atoms with E-state index in [1.54, 1.807) is 18.2 Å². The van der Waals surface area contributed by atoms with E-state index >= 15 is 0 Å². The van der Waals surface area contributed by atoms with Crippen LogP contribution in [0.25, 0.3) is 33.4 Å². The Bertz CT molecular complexity index is 1120. The number of nitrogen functional groups attached to an aromatic ring is 1. The lowest BCUT2D eigenvalue weighted by Gasteiger charge is -2.09. The van der Waals surface area contributed by atoms with Gasteiger partial charge in [0.2, 0.25) is 5.95 Å². The Morgan fingerprint density at radius 3 is 2.36 bits per heavy atom. The van der Waals surface area contributed by atoms with Crippen molar-refractivity contribution in [3.63, 3.8) is 0 Å². The molecule has 2 aromatic heterocycles. The number of aromatic nitrogens is 3. The van der Waals surface area contributed by atoms with Gasteiger partial charge < -0.3 is 5.73 Å². The Morgan fingerprint density at radius 1 is 0.920 bits per heavy atom. The van der Waals surface area contributed by atoms with Gasteiger partial charge in [-0.1, -0.05) is 30.3 Å². The van der Waals surface area contributed by atoms with Crippen molar-refractivity contribution >= 4 is 17.0 Å². The van der Waals surface area contributed by atoms with E-state index in [1.165, 1.54) is 12.1 Å². The van der Waals surface area contributed by atoms with Gasteiger partial charge >= 0.3 is 0 Å². The van der Waals surface area contributed by atoms with Crippen LogP contribution in [0.2, 0.25) is 0 Å². The first-order valence-electron chi connectivity index (χ1n) is 7.64. The first-order chi connectivity index (χ1) is 12.1. The Labute approximate surface area is 142 Å². The summed E-state index contributed by atoms with van der Waals surface area (Å²) in [6, 6.07) is 17.3. The summed E-state index contributed by atoms with van der Waals surface area (Å²) in [5, 5.41) is 0.367. The van der Waals surface area contributed by atoms with Crippen LogP contribution in [0.15, 0.2) is 65.5 Å². The first kappa shape index (κ1) is 15.0. The molecule has 0 spiro atoms. The minimum Gasteiger partial charge on any atom is -0.369 e. The van der Waals surface area contributed by atoms with E-state index in [2.05, 4.69) is 15.0 Å². The van der Waals surface area contributed by atoms with E-state index in [0.717, 1.165) is 11.1 Å². The van der Waals surface area contributed by atoms with Crippen molar-refractivity contribution < 1.29 is 4.39 Å². The smallest absolute Gasteiger partial charge is 0.262 e. The maximum Gasteiger partial charge on any atom is 0.262 e. The van der Waals surface area contributed by atoms with Crippen LogP contribution in [0.1, 0.15) is 0 Å². The number of aromatic amines is 1. The monoisotopic (exact) mass is 332 g/mol. The summed E-state index contributed by atoms with van der Waals surface area (Å²) in [7, 11) is 0. The quantitative estimate of drug-likeness (QED) is 0.589. The minimum atomic E-state index is -0.348. The molecule has 0 atom stereocenters. The van der Waals surface area contributed by atoms with Crippen molar-refractivity contribution in [3.05, 3.63) is 76.8 Å². The van der Waals surface area contributed by atoms with E-state index in [0.29, 0.717) is 16.6 Å². The van der Waals surface area contributed by atoms with Crippen LogP contribution in [-0.4, -0.2) is 15.0 Å². The largest absolute Gasteiger partial charge is 0.369 e. The molecule has 2 aromatic carbocycles. The van der Waals surface area contributed by atoms with Crippen LogP contribution in [-0.2, 0) is 0 Å². The predicted octanol–water partition coefficient (Wildman–Crippen LogP) is 3.37. The van der Waals surface area contributed by atoms with Crippen LogP contribution in [0.3, 0.4) is 0 Å². The molecule has 0 fully saturated rings. The summed E-state index contributed by atoms with van der Waals surface area (Å²) in [5.74, 6) is -0.327. The Morgan fingerprint density at radius 2 is 1.64 bits per heavy atom. The number of hydrogen-bond donors (Lipinski definition) is 2. The standard InChI is InChI=1S/C19H13FN4O/c20-13-8-6-12(7-9-13)15-10-14(11-4-2-1-3-5-11)16-17(22-15)23-19(21)24-18(16)25/h1-10H,(H3,21,22,23,24,25). The van der Waals surface area contributed by atoms with E-state index in [-0.39, 0.29) is 23.0 Å². The fourth-order valence-electron chi connectivity index (χ4n) is 2.77. The van der Waals surface area contributed by atoms with Crippen LogP contribution in [0.4, 0.5) is 10.3 Å². The molecule has 0 aliphatic carbocycles. The molecule has 0 radical (unpaired) electrons. The average Bonchev–Trinajstić information content (AvgIpc) is 2.62. The fraction of sp³-hybridized carbons (Fsp3) is 0. The van der Waals surface area contributed by atoms with E-state index < -0.39 is 0 Å². The minimum absolute atomic E-state index is 0.000248. The zero-order valence-electron chi connectivity index (χ0n) is 13.0. The number of hydrogen-bond acceptors (Lipinski definition) is 4. The molecule has 6 heteroatoms. The third-order valence-corrected chi connectivity index (χ3v) is 3.92. The molecule has 25 heavy (non-hydrogen) atoms. The highest BCUT2D eigenvalue weighted by molar-refractivity contribution is 5.94. The molecule has 4 rings (SSSR count). The van der Waals surface area contributed by atoms with Gasteiger partial charge in [-0.05, 0) is 35.9 Å². The SMILES string of the molecule is Nc1nc2nc(-c3ccc(F)cc3)cc(-c3ccccc3)c2c(=O)[nH]1. The Hall–Kier alpha value is -3.54. The summed E-state index contributed by atoms with van der Waals surface area (Å²) in [5.41, 5.74) is 8.43. The highest BCUT2D eigenvalue weighted by atomic mass is 19.1. The lowest BCUT2D eigenvalue weighted by molar-refractivity contribution is 0.628. The van der Waals surface area contributed by atoms with Gasteiger partial charge in [-0.25, -0.2) is 9.37 Å². The van der Waals surface area contributed by atoms with E-state index in [1.807, 2.05) is 30.3 Å². The van der Waals surface area contributed by atoms with Crippen molar-refractivity contribution in [1.82, 2.24) is 15.0 Å². The number of benzene rings is 2. The number of H-pyrrole nitrogens is 1. The maximum absolute atomic E-state index is 13.2. The summed E-state index contributed by atoms with van der Waals surface area (Å²) in [6.45, 7) is 0. The second-order valence-corrected chi connectivity index (χ2v) is 5.58. The summed E-state index contributed by atoms with van der Waals surface area (Å²) in [4.78, 5) is 23.5. The number of fused-ring (bicyclic) bond motifs is 1. The number of halogens is 1. The van der Waals surface area contributed by atoms with Gasteiger partial charge in [0, 0.05) is 11.1 Å². The lowest BCUT2D eigenvalue weighted by Crippen LogP contribution is -2.13. The molecular formula is C19H13FN4O. The molecule has 122 valence electrons. The molecule has 0 saturated heterocycles. The third kappa shape index (κ3) is 2.74. The van der Waals surface area contributed by atoms with Crippen molar-refractivity contribution in [1.29, 1.82) is 0 Å². The number of anilines is 1. The van der Waals surface area contributed by atoms with E-state index in [4.69, 9.17) is 5.73 Å². The molecule has 0 aliphatic heterocycles. The topological polar surface area (TPSA) is 84.7 Å². The van der Waals surface area contributed by atoms with Gasteiger partial charge in [-0.15, -0.1) is 0 Å². The van der Waals surface area contributed by atoms with Crippen LogP contribution < -0.4 is 11.3 Å². The van der Waals surface area contributed by atoms with Crippen LogP contribution >= 0.6 is 0 Å². The third-order valence-electron chi connectivity index (χ3n) is 3.92. The zero-order chi connectivity index (χ0) is 17.4. The van der Waals surface area contributed by atoms with Crippen molar-refractivity contribution in [2.45, 2.75) is 0 Å². The molecule has 0 saturated carbocycles. The van der Waals surface area contributed by atoms with Crippen LogP contribution in [0.5, 0.6) is 0 Å². The number of nitrogens with zero attached hydrogens (tertiary/aromatic N) is 2. The maximum atomic E-state index is 13.2. The molecular weight excluding hydrogens is 319 g/mol. The summed E-state index contributed by atoms with van der Waals surface area (Å²) >= 11 is 0. The molecule has 0 unspecified atom stereocenters. The van der Waals surface area contributed by atoms with Gasteiger partial charge in [-0.3, -0.25) is 9.78 Å². The Balaban J connectivity index is 2.07. The molecule has 0 bridgehead atoms. The van der Waals surface area contributed by atoms with Crippen LogP contribution in [0, 0.1) is 5.82 Å². The predicted molar refractivity (Wildman–Crippen MR) is 95.4 cm³/mol. The second kappa shape index (κ2) is 5.83. The average molecular weight is 332 g/mol. The normalized spacial score (nSPS) is 10.9. The summed E-state index contributed by atoms with van der Waals surface area (Å²) < 4.78 is 13.2. The number of rotatable bonds is 2. The molecule has 0 amide bonds. The number of nitrogens with one attached hydrogen (secondary N) is 1. The number of pyridine rings is 1. The van der Waals surface area contributed by atoms with Gasteiger partial charge in [0.1, 0.15) is 5.82 Å². The summed E-state index contributed by atoms with van der Waals surface area (Å²) in [6.07, 6.45) is 0. The van der Waals surface area contributed by atoms with Gasteiger partial charge in [0.25, 0.3) is 5.56 Å². The first-order valence-corrected chi connectivity index (χ1v) is 7.64. The van der Waals surface area contributed by atoms with Crippen molar-refractivity contribution in [2.24, 2.45) is 0 Å². The second-order valence-electron chi connectivity index (χ2n) is 5.58. The van der Waals surface area contributed by atoms with Gasteiger partial charge in [0.15, 0.2) is 5.65 Å². The molecule has 3 N–H and O–H groups in total. The van der Waals surface area contributed by atoms with Gasteiger partial charge in [0.05, 0.1) is 11.1 Å². The fourth-order valence-corrected chi connectivity index (χ4v) is 2.77. The van der Waals surface area contributed by atoms with E-state index in [9.17, 15) is 9.18 Å². The van der Waals surface area contributed by atoms with Crippen molar-refractivity contribution in [3.8, 4) is 22.4 Å². The number of nitrogens with two attached hydrogens (primary N) is 1. The van der Waals surface area contributed by atoms with Gasteiger partial charge in [-0.2, -0.15) is 4.98 Å².